The smallest absolute Gasteiger partial charge is 0.240 e. The Hall–Kier alpha value is -2.26. The van der Waals surface area contributed by atoms with E-state index in [9.17, 15) is 9.18 Å². The van der Waals surface area contributed by atoms with Gasteiger partial charge in [-0.2, -0.15) is 4.99 Å². The van der Waals surface area contributed by atoms with Crippen molar-refractivity contribution in [3.05, 3.63) is 36.3 Å². The van der Waals surface area contributed by atoms with E-state index in [0.717, 1.165) is 0 Å². The van der Waals surface area contributed by atoms with E-state index < -0.39 is 5.82 Å². The van der Waals surface area contributed by atoms with Crippen molar-refractivity contribution in [2.24, 2.45) is 4.99 Å². The Balaban J connectivity index is 2.53. The normalized spacial score (nSPS) is 9.67. The van der Waals surface area contributed by atoms with Gasteiger partial charge in [-0.1, -0.05) is 17.3 Å². The molecular weight excluding hydrogens is 199 g/mol. The van der Waals surface area contributed by atoms with Crippen LogP contribution in [-0.4, -0.2) is 11.2 Å². The van der Waals surface area contributed by atoms with Crippen molar-refractivity contribution in [2.45, 2.75) is 0 Å². The molecule has 1 aromatic heterocycles. The van der Waals surface area contributed by atoms with Gasteiger partial charge in [-0.3, -0.25) is 0 Å². The molecule has 1 aromatic carbocycles. The second-order valence-electron chi connectivity index (χ2n) is 2.75. The first-order valence-corrected chi connectivity index (χ1v) is 4.10. The molecule has 0 aliphatic rings. The predicted octanol–water partition coefficient (Wildman–Crippen LogP) is 2.45. The number of aromatic nitrogens is 1. The second-order valence-corrected chi connectivity index (χ2v) is 2.75. The van der Waals surface area contributed by atoms with Crippen molar-refractivity contribution in [2.75, 3.05) is 0 Å². The highest BCUT2D eigenvalue weighted by Crippen LogP contribution is 2.29. The fraction of sp³-hybridized carbons (Fsp3) is 0. The summed E-state index contributed by atoms with van der Waals surface area (Å²) in [6, 6.07) is 5.74. The fourth-order valence-corrected chi connectivity index (χ4v) is 1.19. The van der Waals surface area contributed by atoms with Gasteiger partial charge in [0.25, 0.3) is 0 Å². The monoisotopic (exact) mass is 204 g/mol. The van der Waals surface area contributed by atoms with Crippen LogP contribution < -0.4 is 0 Å². The molecule has 2 rings (SSSR count). The average molecular weight is 204 g/mol. The number of rotatable bonds is 2. The van der Waals surface area contributed by atoms with Crippen molar-refractivity contribution < 1.29 is 13.7 Å². The standard InChI is InChI=1S/C10H5FN2O2/c11-8-3-1-2-7(4-8)10-9(12-6-14)5-13-15-10/h1-5H. The van der Waals surface area contributed by atoms with E-state index in [0.29, 0.717) is 5.56 Å². The van der Waals surface area contributed by atoms with E-state index in [2.05, 4.69) is 10.1 Å². The number of aliphatic imine (C=N–C) groups is 1. The van der Waals surface area contributed by atoms with Crippen LogP contribution in [0, 0.1) is 5.82 Å². The Bertz CT molecular complexity index is 530. The highest BCUT2D eigenvalue weighted by molar-refractivity contribution is 5.71. The van der Waals surface area contributed by atoms with Gasteiger partial charge in [0.2, 0.25) is 6.08 Å². The van der Waals surface area contributed by atoms with Crippen molar-refractivity contribution in [3.8, 4) is 11.3 Å². The van der Waals surface area contributed by atoms with Crippen molar-refractivity contribution in [1.82, 2.24) is 5.16 Å². The van der Waals surface area contributed by atoms with Gasteiger partial charge in [-0.05, 0) is 12.1 Å². The first-order valence-electron chi connectivity index (χ1n) is 4.10. The third-order valence-electron chi connectivity index (χ3n) is 1.80. The molecule has 0 spiro atoms. The van der Waals surface area contributed by atoms with Gasteiger partial charge in [0.1, 0.15) is 11.5 Å². The lowest BCUT2D eigenvalue weighted by Gasteiger charge is -1.95. The molecule has 0 aliphatic heterocycles. The number of halogens is 1. The van der Waals surface area contributed by atoms with Gasteiger partial charge < -0.3 is 4.52 Å². The van der Waals surface area contributed by atoms with E-state index in [4.69, 9.17) is 4.52 Å². The highest BCUT2D eigenvalue weighted by atomic mass is 19.1. The molecule has 5 heteroatoms. The molecule has 0 N–H and O–H groups in total. The van der Waals surface area contributed by atoms with Gasteiger partial charge in [-0.25, -0.2) is 9.18 Å². The van der Waals surface area contributed by atoms with Gasteiger partial charge in [0, 0.05) is 5.56 Å². The van der Waals surface area contributed by atoms with E-state index >= 15 is 0 Å². The molecule has 0 atom stereocenters. The molecule has 15 heavy (non-hydrogen) atoms. The molecule has 0 saturated heterocycles. The van der Waals surface area contributed by atoms with E-state index in [1.54, 1.807) is 6.07 Å². The summed E-state index contributed by atoms with van der Waals surface area (Å²) < 4.78 is 17.8. The van der Waals surface area contributed by atoms with Crippen LogP contribution in [0.3, 0.4) is 0 Å². The topological polar surface area (TPSA) is 55.5 Å². The minimum Gasteiger partial charge on any atom is -0.354 e. The average Bonchev–Trinajstić information content (AvgIpc) is 2.66. The molecule has 0 aliphatic carbocycles. The van der Waals surface area contributed by atoms with Crippen molar-refractivity contribution in [1.29, 1.82) is 0 Å². The predicted molar refractivity (Wildman–Crippen MR) is 49.7 cm³/mol. The third-order valence-corrected chi connectivity index (χ3v) is 1.80. The van der Waals surface area contributed by atoms with E-state index in [1.807, 2.05) is 0 Å². The van der Waals surface area contributed by atoms with Crippen molar-refractivity contribution in [3.63, 3.8) is 0 Å². The van der Waals surface area contributed by atoms with E-state index in [1.165, 1.54) is 30.5 Å². The summed E-state index contributed by atoms with van der Waals surface area (Å²) >= 11 is 0. The van der Waals surface area contributed by atoms with Gasteiger partial charge in [0.05, 0.1) is 6.20 Å². The van der Waals surface area contributed by atoms with Crippen LogP contribution in [0.2, 0.25) is 0 Å². The summed E-state index contributed by atoms with van der Waals surface area (Å²) in [6.07, 6.45) is 2.65. The maximum absolute atomic E-state index is 12.9. The van der Waals surface area contributed by atoms with Crippen LogP contribution in [-0.2, 0) is 4.79 Å². The fourth-order valence-electron chi connectivity index (χ4n) is 1.19. The lowest BCUT2D eigenvalue weighted by molar-refractivity contribution is 0.432. The highest BCUT2D eigenvalue weighted by Gasteiger charge is 2.10. The van der Waals surface area contributed by atoms with Crippen LogP contribution in [0.1, 0.15) is 0 Å². The maximum atomic E-state index is 12.9. The summed E-state index contributed by atoms with van der Waals surface area (Å²) in [4.78, 5) is 13.5. The lowest BCUT2D eigenvalue weighted by atomic mass is 10.1. The second kappa shape index (κ2) is 3.86. The number of isocyanates is 1. The Morgan fingerprint density at radius 1 is 1.47 bits per heavy atom. The number of nitrogens with zero attached hydrogens (tertiary/aromatic N) is 2. The van der Waals surface area contributed by atoms with E-state index in [-0.39, 0.29) is 11.4 Å². The summed E-state index contributed by atoms with van der Waals surface area (Å²) in [5.41, 5.74) is 0.706. The summed E-state index contributed by atoms with van der Waals surface area (Å²) in [5.74, 6) is -0.150. The molecule has 0 unspecified atom stereocenters. The molecule has 0 amide bonds. The molecule has 2 aromatic rings. The first-order chi connectivity index (χ1) is 7.31. The van der Waals surface area contributed by atoms with Gasteiger partial charge in [0.15, 0.2) is 5.76 Å². The Morgan fingerprint density at radius 3 is 3.07 bits per heavy atom. The Kier molecular flexibility index (Phi) is 2.39. The van der Waals surface area contributed by atoms with Gasteiger partial charge in [-0.15, -0.1) is 0 Å². The summed E-state index contributed by atoms with van der Waals surface area (Å²) in [5, 5.41) is 3.48. The molecule has 0 radical (unpaired) electrons. The van der Waals surface area contributed by atoms with Crippen LogP contribution in [0.25, 0.3) is 11.3 Å². The molecule has 0 saturated carbocycles. The zero-order valence-electron chi connectivity index (χ0n) is 7.48. The number of benzene rings is 1. The number of hydrogen-bond acceptors (Lipinski definition) is 4. The minimum absolute atomic E-state index is 0.232. The Labute approximate surface area is 84.0 Å². The Morgan fingerprint density at radius 2 is 2.33 bits per heavy atom. The molecule has 74 valence electrons. The SMILES string of the molecule is O=C=Nc1cnoc1-c1cccc(F)c1. The maximum Gasteiger partial charge on any atom is 0.240 e. The molecule has 1 heterocycles. The van der Waals surface area contributed by atoms with Crippen molar-refractivity contribution >= 4 is 11.8 Å². The van der Waals surface area contributed by atoms with Crippen LogP contribution in [0.5, 0.6) is 0 Å². The van der Waals surface area contributed by atoms with Crippen LogP contribution in [0.4, 0.5) is 10.1 Å². The summed E-state index contributed by atoms with van der Waals surface area (Å²) in [6.45, 7) is 0. The molecule has 0 fully saturated rings. The van der Waals surface area contributed by atoms with Crippen LogP contribution >= 0.6 is 0 Å². The molecule has 0 bridgehead atoms. The molecular formula is C10H5FN2O2. The number of hydrogen-bond donors (Lipinski definition) is 0. The minimum atomic E-state index is -0.398. The summed E-state index contributed by atoms with van der Waals surface area (Å²) in [7, 11) is 0. The van der Waals surface area contributed by atoms with Crippen LogP contribution in [0.15, 0.2) is 40.0 Å². The third kappa shape index (κ3) is 1.82. The zero-order valence-corrected chi connectivity index (χ0v) is 7.48. The quantitative estimate of drug-likeness (QED) is 0.557. The molecule has 4 nitrogen and oxygen atoms in total. The zero-order chi connectivity index (χ0) is 10.7. The number of carbonyl (C=O) groups excluding carboxylic acids is 1. The first kappa shape index (κ1) is 9.30. The largest absolute Gasteiger partial charge is 0.354 e. The van der Waals surface area contributed by atoms with Gasteiger partial charge >= 0.3 is 0 Å². The lowest BCUT2D eigenvalue weighted by Crippen LogP contribution is -1.77.